The summed E-state index contributed by atoms with van der Waals surface area (Å²) in [4.78, 5) is 0. The molecule has 0 unspecified atom stereocenters. The Hall–Kier alpha value is -0.676. The zero-order valence-corrected chi connectivity index (χ0v) is 14.0. The molecule has 0 aliphatic carbocycles. The highest BCUT2D eigenvalue weighted by molar-refractivity contribution is 6.81. The second kappa shape index (κ2) is 5.31. The van der Waals surface area contributed by atoms with Crippen LogP contribution in [-0.4, -0.2) is 22.0 Å². The van der Waals surface area contributed by atoms with Crippen LogP contribution < -0.4 is 0 Å². The first-order valence-corrected chi connectivity index (χ1v) is 13.5. The largest absolute Gasteiger partial charge is 0.326 e. The van der Waals surface area contributed by atoms with Crippen LogP contribution in [0.3, 0.4) is 0 Å². The lowest BCUT2D eigenvalue weighted by atomic mass is 10.1. The van der Waals surface area contributed by atoms with Crippen molar-refractivity contribution in [3.8, 4) is 0 Å². The summed E-state index contributed by atoms with van der Waals surface area (Å²) in [6.45, 7) is 14.2. The predicted octanol–water partition coefficient (Wildman–Crippen LogP) is 4.65. The van der Waals surface area contributed by atoms with Gasteiger partial charge in [0.25, 0.3) is 0 Å². The normalized spacial score (nSPS) is 13.9. The fourth-order valence-corrected chi connectivity index (χ4v) is 4.21. The number of nitrogens with zero attached hydrogens (tertiary/aromatic N) is 1. The molecular formula is C14H25NSi2. The molecule has 0 aliphatic heterocycles. The Morgan fingerprint density at radius 2 is 1.47 bits per heavy atom. The Balaban J connectivity index is 3.09. The Morgan fingerprint density at radius 1 is 0.941 bits per heavy atom. The fourth-order valence-electron chi connectivity index (χ4n) is 1.74. The average molecular weight is 264 g/mol. The maximum atomic E-state index is 5.05. The number of hydrogen-bond acceptors (Lipinski definition) is 1. The van der Waals surface area contributed by atoms with Gasteiger partial charge in [-0.2, -0.15) is 0 Å². The van der Waals surface area contributed by atoms with Gasteiger partial charge in [0.1, 0.15) is 0 Å². The lowest BCUT2D eigenvalue weighted by Gasteiger charge is -2.21. The van der Waals surface area contributed by atoms with Crippen molar-refractivity contribution in [2.75, 3.05) is 0 Å². The van der Waals surface area contributed by atoms with E-state index in [0.29, 0.717) is 0 Å². The lowest BCUT2D eigenvalue weighted by Crippen LogP contribution is -2.28. The summed E-state index contributed by atoms with van der Waals surface area (Å²) in [5, 5.41) is 0. The maximum Gasteiger partial charge on any atom is 0.172 e. The topological polar surface area (TPSA) is 12.4 Å². The third-order valence-electron chi connectivity index (χ3n) is 2.28. The van der Waals surface area contributed by atoms with E-state index in [1.54, 1.807) is 0 Å². The standard InChI is InChI=1S/C14H25NSi2/c1-16(2,3)12-14(15-17(4,5)6)13-10-8-7-9-11-13/h7-11H,12H2,1-6H3. The van der Waals surface area contributed by atoms with Gasteiger partial charge in [0.05, 0.1) is 8.07 Å². The minimum atomic E-state index is -1.39. The van der Waals surface area contributed by atoms with Gasteiger partial charge < -0.3 is 4.66 Å². The Bertz CT molecular complexity index is 383. The third kappa shape index (κ3) is 5.98. The molecule has 0 aromatic heterocycles. The monoisotopic (exact) mass is 263 g/mol. The SMILES string of the molecule is C[Si](C)(C)CC(=N[Si](C)(C)C)c1ccccc1. The summed E-state index contributed by atoms with van der Waals surface area (Å²) in [5.41, 5.74) is 2.65. The Morgan fingerprint density at radius 3 is 1.88 bits per heavy atom. The highest BCUT2D eigenvalue weighted by atomic mass is 28.3. The van der Waals surface area contributed by atoms with E-state index in [4.69, 9.17) is 4.66 Å². The van der Waals surface area contributed by atoms with Gasteiger partial charge in [-0.1, -0.05) is 50.0 Å². The fraction of sp³-hybridized carbons (Fsp3) is 0.500. The van der Waals surface area contributed by atoms with Gasteiger partial charge in [0, 0.05) is 5.71 Å². The Kier molecular flexibility index (Phi) is 4.50. The average Bonchev–Trinajstić information content (AvgIpc) is 2.14. The predicted molar refractivity (Wildman–Crippen MR) is 84.5 cm³/mol. The van der Waals surface area contributed by atoms with Crippen molar-refractivity contribution in [1.82, 2.24) is 0 Å². The van der Waals surface area contributed by atoms with E-state index < -0.39 is 16.3 Å². The molecule has 0 heterocycles. The molecule has 0 fully saturated rings. The van der Waals surface area contributed by atoms with Crippen LogP contribution in [0.4, 0.5) is 0 Å². The minimum Gasteiger partial charge on any atom is -0.326 e. The summed E-state index contributed by atoms with van der Waals surface area (Å²) < 4.78 is 5.05. The molecule has 0 saturated heterocycles. The molecule has 0 spiro atoms. The molecule has 0 amide bonds. The summed E-state index contributed by atoms with van der Waals surface area (Å²) in [5.74, 6) is 0. The summed E-state index contributed by atoms with van der Waals surface area (Å²) in [6.07, 6.45) is 0. The van der Waals surface area contributed by atoms with Gasteiger partial charge in [-0.25, -0.2) is 0 Å². The highest BCUT2D eigenvalue weighted by Gasteiger charge is 2.20. The van der Waals surface area contributed by atoms with Crippen molar-refractivity contribution >= 4 is 22.0 Å². The van der Waals surface area contributed by atoms with Crippen LogP contribution in [0, 0.1) is 0 Å². The molecule has 0 N–H and O–H groups in total. The molecular weight excluding hydrogens is 238 g/mol. The first kappa shape index (κ1) is 14.4. The van der Waals surface area contributed by atoms with Gasteiger partial charge in [-0.05, 0) is 31.2 Å². The zero-order valence-electron chi connectivity index (χ0n) is 12.0. The van der Waals surface area contributed by atoms with Gasteiger partial charge in [0.15, 0.2) is 8.24 Å². The molecule has 1 rings (SSSR count). The van der Waals surface area contributed by atoms with E-state index in [2.05, 4.69) is 69.6 Å². The molecule has 0 saturated carbocycles. The van der Waals surface area contributed by atoms with Gasteiger partial charge >= 0.3 is 0 Å². The van der Waals surface area contributed by atoms with Gasteiger partial charge in [0.2, 0.25) is 0 Å². The lowest BCUT2D eigenvalue weighted by molar-refractivity contribution is 1.46. The minimum absolute atomic E-state index is 1.11. The van der Waals surface area contributed by atoms with Crippen LogP contribution in [0.25, 0.3) is 0 Å². The van der Waals surface area contributed by atoms with Crippen molar-refractivity contribution in [3.63, 3.8) is 0 Å². The molecule has 17 heavy (non-hydrogen) atoms. The van der Waals surface area contributed by atoms with E-state index in [-0.39, 0.29) is 0 Å². The Labute approximate surface area is 108 Å². The maximum absolute atomic E-state index is 5.05. The van der Waals surface area contributed by atoms with Crippen LogP contribution in [0.2, 0.25) is 45.3 Å². The molecule has 0 bridgehead atoms. The quantitative estimate of drug-likeness (QED) is 0.554. The summed E-state index contributed by atoms with van der Waals surface area (Å²) in [6, 6.07) is 11.9. The van der Waals surface area contributed by atoms with E-state index in [0.717, 1.165) is 0 Å². The van der Waals surface area contributed by atoms with Crippen LogP contribution >= 0.6 is 0 Å². The second-order valence-corrected chi connectivity index (χ2v) is 16.9. The second-order valence-electron chi connectivity index (χ2n) is 6.83. The first-order valence-electron chi connectivity index (χ1n) is 6.32. The van der Waals surface area contributed by atoms with E-state index in [1.807, 2.05) is 0 Å². The zero-order chi connectivity index (χ0) is 13.1. The molecule has 94 valence electrons. The van der Waals surface area contributed by atoms with Crippen molar-refractivity contribution in [1.29, 1.82) is 0 Å². The van der Waals surface area contributed by atoms with E-state index in [9.17, 15) is 0 Å². The van der Waals surface area contributed by atoms with E-state index in [1.165, 1.54) is 17.3 Å². The molecule has 0 atom stereocenters. The van der Waals surface area contributed by atoms with E-state index >= 15 is 0 Å². The van der Waals surface area contributed by atoms with Gasteiger partial charge in [-0.3, -0.25) is 0 Å². The van der Waals surface area contributed by atoms with Crippen molar-refractivity contribution < 1.29 is 0 Å². The van der Waals surface area contributed by atoms with Crippen LogP contribution in [-0.2, 0) is 0 Å². The number of benzene rings is 1. The first-order chi connectivity index (χ1) is 7.67. The molecule has 1 nitrogen and oxygen atoms in total. The third-order valence-corrected chi connectivity index (χ3v) is 4.61. The summed E-state index contributed by atoms with van der Waals surface area (Å²) >= 11 is 0. The highest BCUT2D eigenvalue weighted by Crippen LogP contribution is 2.17. The molecule has 1 aromatic carbocycles. The van der Waals surface area contributed by atoms with Crippen molar-refractivity contribution in [2.24, 2.45) is 4.66 Å². The number of rotatable bonds is 4. The van der Waals surface area contributed by atoms with Crippen molar-refractivity contribution in [2.45, 2.75) is 45.3 Å². The molecule has 0 aliphatic rings. The molecule has 1 aromatic rings. The molecule has 0 radical (unpaired) electrons. The molecule has 3 heteroatoms. The van der Waals surface area contributed by atoms with Crippen LogP contribution in [0.5, 0.6) is 0 Å². The van der Waals surface area contributed by atoms with Gasteiger partial charge in [-0.15, -0.1) is 0 Å². The van der Waals surface area contributed by atoms with Crippen LogP contribution in [0.1, 0.15) is 5.56 Å². The number of hydrogen-bond donors (Lipinski definition) is 0. The van der Waals surface area contributed by atoms with Crippen LogP contribution in [0.15, 0.2) is 35.0 Å². The summed E-state index contributed by atoms with van der Waals surface area (Å²) in [7, 11) is -2.50. The van der Waals surface area contributed by atoms with Crippen molar-refractivity contribution in [3.05, 3.63) is 35.9 Å². The smallest absolute Gasteiger partial charge is 0.172 e.